The van der Waals surface area contributed by atoms with E-state index in [0.29, 0.717) is 16.0 Å². The van der Waals surface area contributed by atoms with E-state index in [4.69, 9.17) is 38.4 Å². The van der Waals surface area contributed by atoms with Crippen LogP contribution in [0, 0.1) is 0 Å². The molecule has 2 aliphatic rings. The van der Waals surface area contributed by atoms with Gasteiger partial charge >= 0.3 is 0 Å². The number of nitrogens with zero attached hydrogens (tertiary/aromatic N) is 1. The SMILES string of the molecule is NC1=NC(c2ccc(Cl)c(Cl)c2)CC(c2ccc3c(c2)OCO3)N1. The number of benzene rings is 2. The first-order valence-corrected chi connectivity index (χ1v) is 8.30. The highest BCUT2D eigenvalue weighted by Gasteiger charge is 2.26. The van der Waals surface area contributed by atoms with Crippen LogP contribution >= 0.6 is 23.2 Å². The van der Waals surface area contributed by atoms with Crippen molar-refractivity contribution in [1.82, 2.24) is 5.32 Å². The molecule has 0 fully saturated rings. The highest BCUT2D eigenvalue weighted by atomic mass is 35.5. The summed E-state index contributed by atoms with van der Waals surface area (Å²) in [5.41, 5.74) is 8.05. The molecule has 0 aromatic heterocycles. The standard InChI is InChI=1S/C17H15Cl2N3O2/c18-11-3-1-9(5-12(11)19)13-7-14(22-17(20)21-13)10-2-4-15-16(6-10)24-8-23-15/h1-6,13-14H,7-8H2,(H3,20,21,22). The number of nitrogens with two attached hydrogens (primary N) is 1. The Kier molecular flexibility index (Phi) is 3.90. The number of nitrogens with one attached hydrogen (secondary N) is 1. The van der Waals surface area contributed by atoms with Crippen LogP contribution in [0.3, 0.4) is 0 Å². The van der Waals surface area contributed by atoms with Crippen molar-refractivity contribution in [3.63, 3.8) is 0 Å². The Morgan fingerprint density at radius 1 is 1.00 bits per heavy atom. The number of ether oxygens (including phenoxy) is 2. The molecule has 2 atom stereocenters. The Hall–Kier alpha value is -2.11. The molecule has 2 heterocycles. The van der Waals surface area contributed by atoms with Gasteiger partial charge in [-0.25, -0.2) is 4.99 Å². The maximum absolute atomic E-state index is 6.13. The molecule has 0 saturated carbocycles. The summed E-state index contributed by atoms with van der Waals surface area (Å²) in [6, 6.07) is 11.4. The minimum Gasteiger partial charge on any atom is -0.454 e. The van der Waals surface area contributed by atoms with Crippen molar-refractivity contribution in [2.24, 2.45) is 10.7 Å². The number of aliphatic imine (C=N–C) groups is 1. The zero-order valence-corrected chi connectivity index (χ0v) is 14.1. The lowest BCUT2D eigenvalue weighted by molar-refractivity contribution is 0.174. The monoisotopic (exact) mass is 363 g/mol. The number of hydrogen-bond acceptors (Lipinski definition) is 5. The average Bonchev–Trinajstić information content (AvgIpc) is 3.04. The quantitative estimate of drug-likeness (QED) is 0.850. The molecule has 7 heteroatoms. The van der Waals surface area contributed by atoms with Gasteiger partial charge in [-0.05, 0) is 41.8 Å². The average molecular weight is 364 g/mol. The summed E-state index contributed by atoms with van der Waals surface area (Å²) >= 11 is 12.1. The summed E-state index contributed by atoms with van der Waals surface area (Å²) in [6.07, 6.45) is 0.748. The molecule has 0 bridgehead atoms. The molecule has 0 radical (unpaired) electrons. The Morgan fingerprint density at radius 2 is 1.79 bits per heavy atom. The molecule has 2 aliphatic heterocycles. The maximum atomic E-state index is 6.13. The maximum Gasteiger partial charge on any atom is 0.231 e. The van der Waals surface area contributed by atoms with Gasteiger partial charge in [0.1, 0.15) is 0 Å². The molecule has 0 saturated heterocycles. The van der Waals surface area contributed by atoms with E-state index in [9.17, 15) is 0 Å². The van der Waals surface area contributed by atoms with Gasteiger partial charge in [-0.3, -0.25) is 0 Å². The smallest absolute Gasteiger partial charge is 0.231 e. The van der Waals surface area contributed by atoms with E-state index in [1.54, 1.807) is 6.07 Å². The highest BCUT2D eigenvalue weighted by Crippen LogP contribution is 2.38. The zero-order chi connectivity index (χ0) is 16.7. The molecule has 0 aliphatic carbocycles. The lowest BCUT2D eigenvalue weighted by Crippen LogP contribution is -2.39. The molecule has 0 amide bonds. The van der Waals surface area contributed by atoms with E-state index in [1.807, 2.05) is 30.3 Å². The largest absolute Gasteiger partial charge is 0.454 e. The fraction of sp³-hybridized carbons (Fsp3) is 0.235. The number of fused-ring (bicyclic) bond motifs is 1. The summed E-state index contributed by atoms with van der Waals surface area (Å²) in [7, 11) is 0. The Labute approximate surface area is 149 Å². The van der Waals surface area contributed by atoms with Gasteiger partial charge in [0, 0.05) is 0 Å². The third-order valence-corrected chi connectivity index (χ3v) is 4.94. The van der Waals surface area contributed by atoms with E-state index < -0.39 is 0 Å². The van der Waals surface area contributed by atoms with Gasteiger partial charge in [0.2, 0.25) is 6.79 Å². The highest BCUT2D eigenvalue weighted by molar-refractivity contribution is 6.42. The fourth-order valence-electron chi connectivity index (χ4n) is 3.00. The normalized spacial score (nSPS) is 22.0. The summed E-state index contributed by atoms with van der Waals surface area (Å²) in [5, 5.41) is 4.26. The van der Waals surface area contributed by atoms with Crippen molar-refractivity contribution in [2.45, 2.75) is 18.5 Å². The summed E-state index contributed by atoms with van der Waals surface area (Å²) in [5.74, 6) is 1.92. The molecule has 4 rings (SSSR count). The van der Waals surface area contributed by atoms with Crippen molar-refractivity contribution >= 4 is 29.2 Å². The van der Waals surface area contributed by atoms with Crippen molar-refractivity contribution in [3.8, 4) is 11.5 Å². The lowest BCUT2D eigenvalue weighted by atomic mass is 9.93. The molecule has 2 unspecified atom stereocenters. The van der Waals surface area contributed by atoms with Crippen LogP contribution in [-0.2, 0) is 0 Å². The predicted octanol–water partition coefficient (Wildman–Crippen LogP) is 3.81. The van der Waals surface area contributed by atoms with E-state index in [-0.39, 0.29) is 18.9 Å². The summed E-state index contributed by atoms with van der Waals surface area (Å²) < 4.78 is 10.8. The third-order valence-electron chi connectivity index (χ3n) is 4.20. The lowest BCUT2D eigenvalue weighted by Gasteiger charge is -2.29. The van der Waals surface area contributed by atoms with Gasteiger partial charge < -0.3 is 20.5 Å². The van der Waals surface area contributed by atoms with Gasteiger partial charge in [0.25, 0.3) is 0 Å². The van der Waals surface area contributed by atoms with Gasteiger partial charge in [-0.2, -0.15) is 0 Å². The van der Waals surface area contributed by atoms with Gasteiger partial charge in [-0.15, -0.1) is 0 Å². The Morgan fingerprint density at radius 3 is 2.62 bits per heavy atom. The van der Waals surface area contributed by atoms with E-state index in [1.165, 1.54) is 0 Å². The van der Waals surface area contributed by atoms with Gasteiger partial charge in [0.15, 0.2) is 17.5 Å². The van der Waals surface area contributed by atoms with E-state index in [0.717, 1.165) is 29.0 Å². The van der Waals surface area contributed by atoms with Gasteiger partial charge in [-0.1, -0.05) is 35.3 Å². The molecule has 124 valence electrons. The topological polar surface area (TPSA) is 68.9 Å². The Balaban J connectivity index is 1.62. The van der Waals surface area contributed by atoms with E-state index >= 15 is 0 Å². The van der Waals surface area contributed by atoms with E-state index in [2.05, 4.69) is 10.3 Å². The number of hydrogen-bond donors (Lipinski definition) is 2. The summed E-state index contributed by atoms with van der Waals surface area (Å²) in [4.78, 5) is 4.50. The molecule has 3 N–H and O–H groups in total. The van der Waals surface area contributed by atoms with Crippen molar-refractivity contribution in [2.75, 3.05) is 6.79 Å². The number of guanidine groups is 1. The minimum atomic E-state index is -0.0866. The van der Waals surface area contributed by atoms with Crippen molar-refractivity contribution < 1.29 is 9.47 Å². The fourth-order valence-corrected chi connectivity index (χ4v) is 3.30. The van der Waals surface area contributed by atoms with Crippen LogP contribution in [0.25, 0.3) is 0 Å². The first-order chi connectivity index (χ1) is 11.6. The molecule has 2 aromatic carbocycles. The third kappa shape index (κ3) is 2.85. The molecule has 2 aromatic rings. The second-order valence-corrected chi connectivity index (χ2v) is 6.56. The van der Waals surface area contributed by atoms with Crippen LogP contribution in [0.1, 0.15) is 29.6 Å². The second kappa shape index (κ2) is 6.07. The first kappa shape index (κ1) is 15.4. The van der Waals surface area contributed by atoms with Crippen LogP contribution in [0.5, 0.6) is 11.5 Å². The molecule has 0 spiro atoms. The minimum absolute atomic E-state index is 0.0245. The predicted molar refractivity (Wildman–Crippen MR) is 93.9 cm³/mol. The molecular formula is C17H15Cl2N3O2. The van der Waals surface area contributed by atoms with Crippen LogP contribution in [0.15, 0.2) is 41.4 Å². The summed E-state index contributed by atoms with van der Waals surface area (Å²) in [6.45, 7) is 0.256. The van der Waals surface area contributed by atoms with Crippen molar-refractivity contribution in [1.29, 1.82) is 0 Å². The van der Waals surface area contributed by atoms with Crippen LogP contribution in [0.2, 0.25) is 10.0 Å². The van der Waals surface area contributed by atoms with Crippen LogP contribution in [0.4, 0.5) is 0 Å². The van der Waals surface area contributed by atoms with Crippen LogP contribution < -0.4 is 20.5 Å². The Bertz CT molecular complexity index is 825. The van der Waals surface area contributed by atoms with Gasteiger partial charge in [0.05, 0.1) is 22.1 Å². The first-order valence-electron chi connectivity index (χ1n) is 7.54. The zero-order valence-electron chi connectivity index (χ0n) is 12.6. The second-order valence-electron chi connectivity index (χ2n) is 5.75. The van der Waals surface area contributed by atoms with Crippen molar-refractivity contribution in [3.05, 3.63) is 57.6 Å². The molecule has 5 nitrogen and oxygen atoms in total. The number of halogens is 2. The van der Waals surface area contributed by atoms with Crippen LogP contribution in [-0.4, -0.2) is 12.8 Å². The number of rotatable bonds is 2. The molecular weight excluding hydrogens is 349 g/mol. The molecule has 24 heavy (non-hydrogen) atoms.